The van der Waals surface area contributed by atoms with Crippen LogP contribution in [-0.4, -0.2) is 37.1 Å². The summed E-state index contributed by atoms with van der Waals surface area (Å²) < 4.78 is 13.8. The average Bonchev–Trinajstić information content (AvgIpc) is 2.32. The minimum absolute atomic E-state index is 0.00128. The van der Waals surface area contributed by atoms with Gasteiger partial charge in [-0.25, -0.2) is 4.98 Å². The fourth-order valence-corrected chi connectivity index (χ4v) is 1.95. The van der Waals surface area contributed by atoms with Crippen LogP contribution in [0, 0.1) is 12.9 Å². The Bertz CT molecular complexity index is 443. The molecule has 92 valence electrons. The predicted molar refractivity (Wildman–Crippen MR) is 62.5 cm³/mol. The molecular formula is C11H15FN4O. The minimum Gasteiger partial charge on any atom is -0.365 e. The molecular weight excluding hydrogens is 223 g/mol. The third-order valence-electron chi connectivity index (χ3n) is 2.84. The summed E-state index contributed by atoms with van der Waals surface area (Å²) in [5.74, 6) is -1.33. The lowest BCUT2D eigenvalue weighted by atomic mass is 10.1. The number of aromatic nitrogens is 1. The van der Waals surface area contributed by atoms with E-state index in [0.29, 0.717) is 11.3 Å². The van der Waals surface area contributed by atoms with Gasteiger partial charge in [-0.1, -0.05) is 0 Å². The maximum atomic E-state index is 13.8. The van der Waals surface area contributed by atoms with Crippen molar-refractivity contribution in [2.24, 2.45) is 5.73 Å². The summed E-state index contributed by atoms with van der Waals surface area (Å²) in [7, 11) is 0. The summed E-state index contributed by atoms with van der Waals surface area (Å²) >= 11 is 0. The molecule has 0 unspecified atom stereocenters. The number of anilines is 1. The Hall–Kier alpha value is -1.69. The van der Waals surface area contributed by atoms with Gasteiger partial charge in [-0.2, -0.15) is 4.39 Å². The molecule has 3 N–H and O–H groups in total. The van der Waals surface area contributed by atoms with Crippen LogP contribution in [0.5, 0.6) is 0 Å². The van der Waals surface area contributed by atoms with Crippen LogP contribution in [0.15, 0.2) is 6.07 Å². The van der Waals surface area contributed by atoms with Crippen LogP contribution in [-0.2, 0) is 0 Å². The summed E-state index contributed by atoms with van der Waals surface area (Å²) in [6.45, 7) is 4.80. The number of piperazine rings is 1. The molecule has 5 nitrogen and oxygen atoms in total. The number of hydrogen-bond donors (Lipinski definition) is 2. The quantitative estimate of drug-likeness (QED) is 0.713. The van der Waals surface area contributed by atoms with Gasteiger partial charge < -0.3 is 16.0 Å². The number of amides is 1. The molecule has 1 aliphatic rings. The second-order valence-corrected chi connectivity index (χ2v) is 4.07. The second-order valence-electron chi connectivity index (χ2n) is 4.07. The van der Waals surface area contributed by atoms with E-state index >= 15 is 0 Å². The molecule has 0 aromatic carbocycles. The average molecular weight is 238 g/mol. The van der Waals surface area contributed by atoms with Crippen LogP contribution in [0.25, 0.3) is 0 Å². The first-order valence-electron chi connectivity index (χ1n) is 5.52. The first-order chi connectivity index (χ1) is 8.09. The summed E-state index contributed by atoms with van der Waals surface area (Å²) in [5, 5.41) is 3.19. The Morgan fingerprint density at radius 2 is 2.18 bits per heavy atom. The Morgan fingerprint density at radius 1 is 1.53 bits per heavy atom. The Kier molecular flexibility index (Phi) is 3.23. The van der Waals surface area contributed by atoms with E-state index in [1.165, 1.54) is 0 Å². The number of pyridine rings is 1. The van der Waals surface area contributed by atoms with E-state index in [1.807, 2.05) is 4.90 Å². The number of nitrogens with two attached hydrogens (primary N) is 1. The molecule has 1 aromatic heterocycles. The van der Waals surface area contributed by atoms with Crippen LogP contribution in [0.3, 0.4) is 0 Å². The van der Waals surface area contributed by atoms with Crippen molar-refractivity contribution in [1.29, 1.82) is 0 Å². The van der Waals surface area contributed by atoms with Crippen molar-refractivity contribution in [2.45, 2.75) is 6.92 Å². The topological polar surface area (TPSA) is 71.2 Å². The van der Waals surface area contributed by atoms with Gasteiger partial charge in [-0.3, -0.25) is 4.79 Å². The van der Waals surface area contributed by atoms with Gasteiger partial charge in [0.25, 0.3) is 5.91 Å². The van der Waals surface area contributed by atoms with Crippen LogP contribution in [0.2, 0.25) is 0 Å². The summed E-state index contributed by atoms with van der Waals surface area (Å²) in [4.78, 5) is 16.6. The smallest absolute Gasteiger partial charge is 0.267 e. The molecule has 0 aliphatic carbocycles. The Morgan fingerprint density at radius 3 is 2.76 bits per heavy atom. The van der Waals surface area contributed by atoms with Gasteiger partial charge >= 0.3 is 0 Å². The molecule has 0 atom stereocenters. The van der Waals surface area contributed by atoms with Crippen molar-refractivity contribution in [3.8, 4) is 0 Å². The van der Waals surface area contributed by atoms with E-state index in [9.17, 15) is 9.18 Å². The first-order valence-corrected chi connectivity index (χ1v) is 5.52. The normalized spacial score (nSPS) is 16.0. The van der Waals surface area contributed by atoms with Gasteiger partial charge in [0, 0.05) is 26.2 Å². The molecule has 2 heterocycles. The zero-order valence-electron chi connectivity index (χ0n) is 9.66. The fourth-order valence-electron chi connectivity index (χ4n) is 1.95. The van der Waals surface area contributed by atoms with Gasteiger partial charge in [0.15, 0.2) is 0 Å². The molecule has 1 aromatic rings. The van der Waals surface area contributed by atoms with Crippen LogP contribution < -0.4 is 16.0 Å². The van der Waals surface area contributed by atoms with Crippen molar-refractivity contribution in [1.82, 2.24) is 10.3 Å². The number of nitrogens with one attached hydrogen (secondary N) is 1. The molecule has 1 fully saturated rings. The lowest BCUT2D eigenvalue weighted by molar-refractivity contribution is 0.0994. The fraction of sp³-hybridized carbons (Fsp3) is 0.455. The molecule has 0 spiro atoms. The van der Waals surface area contributed by atoms with E-state index in [1.54, 1.807) is 13.0 Å². The highest BCUT2D eigenvalue weighted by Crippen LogP contribution is 2.21. The van der Waals surface area contributed by atoms with E-state index in [0.717, 1.165) is 26.2 Å². The number of aryl methyl sites for hydroxylation is 1. The van der Waals surface area contributed by atoms with E-state index in [2.05, 4.69) is 10.3 Å². The van der Waals surface area contributed by atoms with Gasteiger partial charge in [0.05, 0.1) is 5.69 Å². The highest BCUT2D eigenvalue weighted by atomic mass is 19.1. The van der Waals surface area contributed by atoms with E-state index < -0.39 is 11.9 Å². The third-order valence-corrected chi connectivity index (χ3v) is 2.84. The molecule has 17 heavy (non-hydrogen) atoms. The molecule has 1 saturated heterocycles. The van der Waals surface area contributed by atoms with Gasteiger partial charge in [0.2, 0.25) is 5.95 Å². The standard InChI is InChI=1S/C11H15FN4O/c1-7-6-8(16-4-2-14-3-5-16)10(12)15-9(7)11(13)17/h6,14H,2-5H2,1H3,(H2,13,17). The number of nitrogens with zero attached hydrogens (tertiary/aromatic N) is 2. The third kappa shape index (κ3) is 2.36. The second kappa shape index (κ2) is 4.67. The highest BCUT2D eigenvalue weighted by Gasteiger charge is 2.18. The lowest BCUT2D eigenvalue weighted by Crippen LogP contribution is -2.44. The maximum absolute atomic E-state index is 13.8. The highest BCUT2D eigenvalue weighted by molar-refractivity contribution is 5.92. The van der Waals surface area contributed by atoms with Crippen molar-refractivity contribution in [3.05, 3.63) is 23.3 Å². The number of hydrogen-bond acceptors (Lipinski definition) is 4. The molecule has 0 radical (unpaired) electrons. The summed E-state index contributed by atoms with van der Waals surface area (Å²) in [6, 6.07) is 1.63. The van der Waals surface area contributed by atoms with Gasteiger partial charge in [0.1, 0.15) is 5.69 Å². The van der Waals surface area contributed by atoms with E-state index in [4.69, 9.17) is 5.73 Å². The van der Waals surface area contributed by atoms with Crippen molar-refractivity contribution in [2.75, 3.05) is 31.1 Å². The van der Waals surface area contributed by atoms with Crippen molar-refractivity contribution < 1.29 is 9.18 Å². The van der Waals surface area contributed by atoms with Crippen molar-refractivity contribution >= 4 is 11.6 Å². The SMILES string of the molecule is Cc1cc(N2CCNCC2)c(F)nc1C(N)=O. The first kappa shape index (κ1) is 11.8. The predicted octanol–water partition coefficient (Wildman–Crippen LogP) is 0.0376. The minimum atomic E-state index is -0.701. The molecule has 1 amide bonds. The number of carbonyl (C=O) groups excluding carboxylic acids is 1. The monoisotopic (exact) mass is 238 g/mol. The lowest BCUT2D eigenvalue weighted by Gasteiger charge is -2.29. The van der Waals surface area contributed by atoms with E-state index in [-0.39, 0.29) is 5.69 Å². The molecule has 6 heteroatoms. The van der Waals surface area contributed by atoms with Gasteiger partial charge in [-0.15, -0.1) is 0 Å². The maximum Gasteiger partial charge on any atom is 0.267 e. The summed E-state index contributed by atoms with van der Waals surface area (Å²) in [5.41, 5.74) is 6.16. The number of halogens is 1. The van der Waals surface area contributed by atoms with Gasteiger partial charge in [-0.05, 0) is 18.6 Å². The molecule has 2 rings (SSSR count). The Labute approximate surface area is 98.8 Å². The molecule has 0 bridgehead atoms. The van der Waals surface area contributed by atoms with Crippen molar-refractivity contribution in [3.63, 3.8) is 0 Å². The number of primary amides is 1. The zero-order chi connectivity index (χ0) is 12.4. The summed E-state index contributed by atoms with van der Waals surface area (Å²) in [6.07, 6.45) is 0. The zero-order valence-corrected chi connectivity index (χ0v) is 9.66. The van der Waals surface area contributed by atoms with Crippen LogP contribution >= 0.6 is 0 Å². The number of rotatable bonds is 2. The molecule has 1 aliphatic heterocycles. The number of carbonyl (C=O) groups is 1. The van der Waals surface area contributed by atoms with Crippen LogP contribution in [0.4, 0.5) is 10.1 Å². The Balaban J connectivity index is 2.35. The van der Waals surface area contributed by atoms with Crippen LogP contribution in [0.1, 0.15) is 16.1 Å². The largest absolute Gasteiger partial charge is 0.365 e. The molecule has 0 saturated carbocycles.